The number of nitriles is 1. The molecule has 128 valence electrons. The molecule has 1 saturated heterocycles. The molecule has 1 fully saturated rings. The molecule has 2 heterocycles. The van der Waals surface area contributed by atoms with Crippen LogP contribution in [0.3, 0.4) is 0 Å². The molecular formula is C18H19N5O2. The molecule has 2 aromatic rings. The molecule has 0 radical (unpaired) electrons. The summed E-state index contributed by atoms with van der Waals surface area (Å²) in [4.78, 5) is 19.4. The third kappa shape index (κ3) is 3.59. The smallest absolute Gasteiger partial charge is 0.287 e. The van der Waals surface area contributed by atoms with E-state index in [0.29, 0.717) is 0 Å². The minimum atomic E-state index is -0.519. The van der Waals surface area contributed by atoms with Crippen molar-refractivity contribution in [2.75, 3.05) is 31.1 Å². The fourth-order valence-electron chi connectivity index (χ4n) is 3.15. The number of aromatic nitrogens is 1. The second kappa shape index (κ2) is 7.28. The molecule has 1 unspecified atom stereocenters. The van der Waals surface area contributed by atoms with Crippen molar-refractivity contribution in [2.24, 2.45) is 0 Å². The molecular weight excluding hydrogens is 318 g/mol. The van der Waals surface area contributed by atoms with Gasteiger partial charge in [0.25, 0.3) is 5.69 Å². The van der Waals surface area contributed by atoms with E-state index >= 15 is 0 Å². The van der Waals surface area contributed by atoms with E-state index in [-0.39, 0.29) is 17.3 Å². The van der Waals surface area contributed by atoms with Gasteiger partial charge in [0.15, 0.2) is 0 Å². The third-order valence-corrected chi connectivity index (χ3v) is 4.64. The number of nitro groups is 1. The minimum Gasteiger partial charge on any atom is -0.369 e. The fraction of sp³-hybridized carbons (Fsp3) is 0.333. The number of hydrogen-bond donors (Lipinski definition) is 0. The molecule has 0 N–H and O–H groups in total. The highest BCUT2D eigenvalue weighted by molar-refractivity contribution is 5.60. The highest BCUT2D eigenvalue weighted by Gasteiger charge is 2.24. The molecule has 0 aliphatic carbocycles. The summed E-state index contributed by atoms with van der Waals surface area (Å²) in [6.45, 7) is 5.50. The summed E-state index contributed by atoms with van der Waals surface area (Å²) in [6, 6.07) is 12.8. The lowest BCUT2D eigenvalue weighted by atomic mass is 10.1. The SMILES string of the molecule is CC(c1ccccn1)N1CCN(c2ccc([N+](=O)[O-])c(C#N)c2)CC1. The van der Waals surface area contributed by atoms with Crippen LogP contribution in [0.25, 0.3) is 0 Å². The van der Waals surface area contributed by atoms with Crippen LogP contribution in [0.5, 0.6) is 0 Å². The van der Waals surface area contributed by atoms with Crippen molar-refractivity contribution in [1.29, 1.82) is 5.26 Å². The highest BCUT2D eigenvalue weighted by atomic mass is 16.6. The van der Waals surface area contributed by atoms with Gasteiger partial charge in [0.2, 0.25) is 0 Å². The van der Waals surface area contributed by atoms with E-state index in [1.54, 1.807) is 12.1 Å². The standard InChI is InChI=1S/C18H19N5O2/c1-14(17-4-2-3-7-20-17)21-8-10-22(11-9-21)16-5-6-18(23(24)25)15(12-16)13-19/h2-7,12,14H,8-11H2,1H3. The molecule has 7 nitrogen and oxygen atoms in total. The number of benzene rings is 1. The Morgan fingerprint density at radius 2 is 2.00 bits per heavy atom. The van der Waals surface area contributed by atoms with Gasteiger partial charge in [-0.3, -0.25) is 20.0 Å². The Labute approximate surface area is 146 Å². The van der Waals surface area contributed by atoms with Gasteiger partial charge in [-0.15, -0.1) is 0 Å². The van der Waals surface area contributed by atoms with Gasteiger partial charge < -0.3 is 4.90 Å². The number of nitrogens with zero attached hydrogens (tertiary/aromatic N) is 5. The molecule has 25 heavy (non-hydrogen) atoms. The quantitative estimate of drug-likeness (QED) is 0.630. The second-order valence-electron chi connectivity index (χ2n) is 6.02. The number of hydrogen-bond acceptors (Lipinski definition) is 6. The molecule has 0 amide bonds. The Bertz CT molecular complexity index is 795. The highest BCUT2D eigenvalue weighted by Crippen LogP contribution is 2.27. The molecule has 1 aromatic carbocycles. The number of rotatable bonds is 4. The summed E-state index contributed by atoms with van der Waals surface area (Å²) in [5.41, 5.74) is 1.87. The Morgan fingerprint density at radius 3 is 2.60 bits per heavy atom. The van der Waals surface area contributed by atoms with Crippen LogP contribution in [0.4, 0.5) is 11.4 Å². The Balaban J connectivity index is 1.68. The van der Waals surface area contributed by atoms with Crippen LogP contribution in [-0.2, 0) is 0 Å². The van der Waals surface area contributed by atoms with Crippen LogP contribution >= 0.6 is 0 Å². The van der Waals surface area contributed by atoms with E-state index in [1.165, 1.54) is 6.07 Å². The predicted octanol–water partition coefficient (Wildman–Crippen LogP) is 2.74. The van der Waals surface area contributed by atoms with Crippen molar-refractivity contribution in [3.05, 3.63) is 64.0 Å². The van der Waals surface area contributed by atoms with Crippen molar-refractivity contribution in [3.63, 3.8) is 0 Å². The van der Waals surface area contributed by atoms with Crippen molar-refractivity contribution in [3.8, 4) is 6.07 Å². The van der Waals surface area contributed by atoms with Gasteiger partial charge in [0.05, 0.1) is 10.6 Å². The van der Waals surface area contributed by atoms with E-state index in [9.17, 15) is 10.1 Å². The van der Waals surface area contributed by atoms with E-state index in [2.05, 4.69) is 21.7 Å². The minimum absolute atomic E-state index is 0.104. The molecule has 0 saturated carbocycles. The van der Waals surface area contributed by atoms with Crippen molar-refractivity contribution in [2.45, 2.75) is 13.0 Å². The molecule has 3 rings (SSSR count). The monoisotopic (exact) mass is 337 g/mol. The first-order valence-corrected chi connectivity index (χ1v) is 8.18. The van der Waals surface area contributed by atoms with Crippen LogP contribution in [0.1, 0.15) is 24.2 Å². The molecule has 1 aromatic heterocycles. The van der Waals surface area contributed by atoms with Gasteiger partial charge in [0, 0.05) is 50.2 Å². The molecule has 1 aliphatic rings. The van der Waals surface area contributed by atoms with Crippen molar-refractivity contribution >= 4 is 11.4 Å². The zero-order chi connectivity index (χ0) is 17.8. The topological polar surface area (TPSA) is 86.3 Å². The summed E-state index contributed by atoms with van der Waals surface area (Å²) in [5, 5.41) is 20.1. The van der Waals surface area contributed by atoms with Crippen LogP contribution in [0.15, 0.2) is 42.6 Å². The van der Waals surface area contributed by atoms with Gasteiger partial charge in [-0.05, 0) is 31.2 Å². The van der Waals surface area contributed by atoms with Gasteiger partial charge in [-0.25, -0.2) is 0 Å². The Hall–Kier alpha value is -2.98. The lowest BCUT2D eigenvalue weighted by molar-refractivity contribution is -0.385. The molecule has 7 heteroatoms. The lowest BCUT2D eigenvalue weighted by Crippen LogP contribution is -2.47. The summed E-state index contributed by atoms with van der Waals surface area (Å²) in [5.74, 6) is 0. The number of nitro benzene ring substituents is 1. The first-order chi connectivity index (χ1) is 12.1. The van der Waals surface area contributed by atoms with Crippen molar-refractivity contribution < 1.29 is 4.92 Å². The number of piperazine rings is 1. The van der Waals surface area contributed by atoms with Gasteiger partial charge in [-0.1, -0.05) is 6.07 Å². The predicted molar refractivity (Wildman–Crippen MR) is 94.2 cm³/mol. The second-order valence-corrected chi connectivity index (χ2v) is 6.02. The number of anilines is 1. The average molecular weight is 337 g/mol. The Kier molecular flexibility index (Phi) is 4.91. The Morgan fingerprint density at radius 1 is 1.24 bits per heavy atom. The number of pyridine rings is 1. The maximum atomic E-state index is 10.9. The van der Waals surface area contributed by atoms with Crippen LogP contribution in [-0.4, -0.2) is 41.0 Å². The van der Waals surface area contributed by atoms with E-state index in [0.717, 1.165) is 37.6 Å². The maximum absolute atomic E-state index is 10.9. The van der Waals surface area contributed by atoms with E-state index in [1.807, 2.05) is 30.5 Å². The van der Waals surface area contributed by atoms with E-state index < -0.39 is 4.92 Å². The van der Waals surface area contributed by atoms with Crippen molar-refractivity contribution in [1.82, 2.24) is 9.88 Å². The first-order valence-electron chi connectivity index (χ1n) is 8.18. The first kappa shape index (κ1) is 16.9. The molecule has 0 spiro atoms. The van der Waals surface area contributed by atoms with Gasteiger partial charge >= 0.3 is 0 Å². The van der Waals surface area contributed by atoms with E-state index in [4.69, 9.17) is 5.26 Å². The van der Waals surface area contributed by atoms with Gasteiger partial charge in [0.1, 0.15) is 11.6 Å². The summed E-state index contributed by atoms with van der Waals surface area (Å²) in [7, 11) is 0. The van der Waals surface area contributed by atoms with Gasteiger partial charge in [-0.2, -0.15) is 5.26 Å². The summed E-state index contributed by atoms with van der Waals surface area (Å²) in [6.07, 6.45) is 1.81. The lowest BCUT2D eigenvalue weighted by Gasteiger charge is -2.39. The average Bonchev–Trinajstić information content (AvgIpc) is 2.67. The zero-order valence-electron chi connectivity index (χ0n) is 14.0. The summed E-state index contributed by atoms with van der Waals surface area (Å²) < 4.78 is 0. The molecule has 1 atom stereocenters. The third-order valence-electron chi connectivity index (χ3n) is 4.64. The zero-order valence-corrected chi connectivity index (χ0v) is 14.0. The molecule has 1 aliphatic heterocycles. The normalized spacial score (nSPS) is 16.2. The van der Waals surface area contributed by atoms with Crippen LogP contribution in [0.2, 0.25) is 0 Å². The molecule has 0 bridgehead atoms. The largest absolute Gasteiger partial charge is 0.369 e. The fourth-order valence-corrected chi connectivity index (χ4v) is 3.15. The van der Waals surface area contributed by atoms with Crippen LogP contribution in [0, 0.1) is 21.4 Å². The maximum Gasteiger partial charge on any atom is 0.287 e. The van der Waals surface area contributed by atoms with Crippen LogP contribution < -0.4 is 4.90 Å². The summed E-state index contributed by atoms with van der Waals surface area (Å²) >= 11 is 0.